The van der Waals surface area contributed by atoms with Crippen LogP contribution in [-0.2, 0) is 0 Å². The van der Waals surface area contributed by atoms with Gasteiger partial charge in [-0.2, -0.15) is 4.39 Å². The first-order chi connectivity index (χ1) is 8.09. The van der Waals surface area contributed by atoms with Gasteiger partial charge in [-0.1, -0.05) is 11.6 Å². The molecule has 2 aromatic rings. The van der Waals surface area contributed by atoms with Gasteiger partial charge in [0.15, 0.2) is 0 Å². The van der Waals surface area contributed by atoms with Crippen LogP contribution in [0.2, 0.25) is 5.15 Å². The fourth-order valence-corrected chi connectivity index (χ4v) is 1.62. The van der Waals surface area contributed by atoms with Crippen LogP contribution in [0.3, 0.4) is 0 Å². The molecule has 2 rings (SSSR count). The minimum atomic E-state index is -1.83. The number of hydrogen-bond donors (Lipinski definition) is 2. The maximum atomic E-state index is 13.5. The van der Waals surface area contributed by atoms with Crippen molar-refractivity contribution in [3.63, 3.8) is 0 Å². The molecule has 86 valence electrons. The summed E-state index contributed by atoms with van der Waals surface area (Å²) in [6.45, 7) is 0. The van der Waals surface area contributed by atoms with Crippen molar-refractivity contribution >= 4 is 24.3 Å². The van der Waals surface area contributed by atoms with E-state index in [9.17, 15) is 14.4 Å². The Morgan fingerprint density at radius 2 is 1.94 bits per heavy atom. The summed E-state index contributed by atoms with van der Waals surface area (Å²) in [5, 5.41) is 18.4. The molecule has 0 aromatic carbocycles. The molecule has 0 aliphatic carbocycles. The average molecular weight is 252 g/mol. The number of nitrogens with zero attached hydrogens (tertiary/aromatic N) is 2. The first kappa shape index (κ1) is 12.0. The van der Waals surface area contributed by atoms with Crippen molar-refractivity contribution in [2.75, 3.05) is 0 Å². The maximum absolute atomic E-state index is 13.5. The SMILES string of the molecule is OB(O)c1nc(Cl)ccc1-c1cccnc1F. The highest BCUT2D eigenvalue weighted by atomic mass is 35.5. The molecule has 0 amide bonds. The Morgan fingerprint density at radius 3 is 2.59 bits per heavy atom. The first-order valence-corrected chi connectivity index (χ1v) is 5.11. The summed E-state index contributed by atoms with van der Waals surface area (Å²) in [7, 11) is -1.83. The average Bonchev–Trinajstić information content (AvgIpc) is 2.30. The molecule has 0 spiro atoms. The van der Waals surface area contributed by atoms with Gasteiger partial charge in [-0.3, -0.25) is 0 Å². The topological polar surface area (TPSA) is 66.2 Å². The molecule has 7 heteroatoms. The third-order valence-corrected chi connectivity index (χ3v) is 2.40. The van der Waals surface area contributed by atoms with E-state index in [1.807, 2.05) is 0 Å². The molecule has 4 nitrogen and oxygen atoms in total. The molecule has 0 fully saturated rings. The van der Waals surface area contributed by atoms with Gasteiger partial charge < -0.3 is 10.0 Å². The second-order valence-corrected chi connectivity index (χ2v) is 3.67. The van der Waals surface area contributed by atoms with Gasteiger partial charge in [-0.05, 0) is 24.3 Å². The summed E-state index contributed by atoms with van der Waals surface area (Å²) in [4.78, 5) is 7.25. The van der Waals surface area contributed by atoms with E-state index >= 15 is 0 Å². The normalized spacial score (nSPS) is 10.4. The Hall–Kier alpha value is -1.50. The highest BCUT2D eigenvalue weighted by Gasteiger charge is 2.21. The van der Waals surface area contributed by atoms with E-state index in [1.54, 1.807) is 6.07 Å². The number of halogens is 2. The molecule has 17 heavy (non-hydrogen) atoms. The third kappa shape index (κ3) is 2.44. The molecular weight excluding hydrogens is 245 g/mol. The third-order valence-electron chi connectivity index (χ3n) is 2.18. The standard InChI is InChI=1S/C10H7BClFN2O2/c12-8-4-3-6(9(15-8)11(16)17)7-2-1-5-14-10(7)13/h1-5,16-17H. The van der Waals surface area contributed by atoms with Crippen LogP contribution in [0.25, 0.3) is 11.1 Å². The second kappa shape index (κ2) is 4.79. The largest absolute Gasteiger partial charge is 0.508 e. The van der Waals surface area contributed by atoms with Crippen molar-refractivity contribution < 1.29 is 14.4 Å². The van der Waals surface area contributed by atoms with E-state index < -0.39 is 13.1 Å². The molecule has 0 aliphatic rings. The van der Waals surface area contributed by atoms with Crippen molar-refractivity contribution in [2.24, 2.45) is 0 Å². The van der Waals surface area contributed by atoms with Crippen molar-refractivity contribution in [3.05, 3.63) is 41.6 Å². The minimum Gasteiger partial charge on any atom is -0.422 e. The number of pyridine rings is 2. The van der Waals surface area contributed by atoms with Crippen molar-refractivity contribution in [1.29, 1.82) is 0 Å². The molecule has 0 saturated heterocycles. The predicted molar refractivity (Wildman–Crippen MR) is 62.3 cm³/mol. The van der Waals surface area contributed by atoms with Gasteiger partial charge >= 0.3 is 7.12 Å². The minimum absolute atomic E-state index is 0.0983. The predicted octanol–water partition coefficient (Wildman–Crippen LogP) is 0.616. The summed E-state index contributed by atoms with van der Waals surface area (Å²) in [5.74, 6) is -0.710. The van der Waals surface area contributed by atoms with Gasteiger partial charge in [-0.25, -0.2) is 9.97 Å². The van der Waals surface area contributed by atoms with Crippen LogP contribution in [0.15, 0.2) is 30.5 Å². The monoisotopic (exact) mass is 252 g/mol. The summed E-state index contributed by atoms with van der Waals surface area (Å²) in [6.07, 6.45) is 1.30. The van der Waals surface area contributed by atoms with E-state index in [2.05, 4.69) is 9.97 Å². The Morgan fingerprint density at radius 1 is 1.18 bits per heavy atom. The smallest absolute Gasteiger partial charge is 0.422 e. The molecule has 2 heterocycles. The van der Waals surface area contributed by atoms with Crippen LogP contribution in [0.4, 0.5) is 4.39 Å². The van der Waals surface area contributed by atoms with Gasteiger partial charge in [0, 0.05) is 17.3 Å². The Balaban J connectivity index is 2.63. The first-order valence-electron chi connectivity index (χ1n) is 4.73. The molecular formula is C10H7BClFN2O2. The number of hydrogen-bond acceptors (Lipinski definition) is 4. The molecule has 0 unspecified atom stereocenters. The van der Waals surface area contributed by atoms with Gasteiger partial charge in [0.05, 0.1) is 5.59 Å². The number of rotatable bonds is 2. The van der Waals surface area contributed by atoms with Crippen LogP contribution >= 0.6 is 11.6 Å². The fraction of sp³-hybridized carbons (Fsp3) is 0. The molecule has 0 aliphatic heterocycles. The molecule has 0 saturated carbocycles. The molecule has 2 aromatic heterocycles. The fourth-order valence-electron chi connectivity index (χ4n) is 1.46. The lowest BCUT2D eigenvalue weighted by Gasteiger charge is -2.08. The maximum Gasteiger partial charge on any atom is 0.508 e. The highest BCUT2D eigenvalue weighted by molar-refractivity contribution is 6.59. The van der Waals surface area contributed by atoms with Crippen LogP contribution < -0.4 is 5.59 Å². The van der Waals surface area contributed by atoms with Gasteiger partial charge in [0.2, 0.25) is 5.95 Å². The highest BCUT2D eigenvalue weighted by Crippen LogP contribution is 2.20. The lowest BCUT2D eigenvalue weighted by Crippen LogP contribution is -2.34. The second-order valence-electron chi connectivity index (χ2n) is 3.28. The van der Waals surface area contributed by atoms with E-state index in [4.69, 9.17) is 11.6 Å². The zero-order valence-electron chi connectivity index (χ0n) is 8.51. The van der Waals surface area contributed by atoms with Gasteiger partial charge in [0.1, 0.15) is 5.15 Å². The molecule has 0 atom stereocenters. The van der Waals surface area contributed by atoms with Crippen LogP contribution in [0.1, 0.15) is 0 Å². The van der Waals surface area contributed by atoms with E-state index in [-0.39, 0.29) is 21.9 Å². The lowest BCUT2D eigenvalue weighted by molar-refractivity contribution is 0.424. The zero-order chi connectivity index (χ0) is 12.4. The summed E-state index contributed by atoms with van der Waals surface area (Å²) < 4.78 is 13.5. The summed E-state index contributed by atoms with van der Waals surface area (Å²) >= 11 is 5.65. The Bertz CT molecular complexity index is 554. The zero-order valence-corrected chi connectivity index (χ0v) is 9.26. The van der Waals surface area contributed by atoms with Crippen LogP contribution in [0, 0.1) is 5.95 Å². The van der Waals surface area contributed by atoms with E-state index in [0.717, 1.165) is 0 Å². The van der Waals surface area contributed by atoms with Gasteiger partial charge in [0.25, 0.3) is 0 Å². The lowest BCUT2D eigenvalue weighted by atomic mass is 9.80. The summed E-state index contributed by atoms with van der Waals surface area (Å²) in [5.41, 5.74) is 0.277. The quantitative estimate of drug-likeness (QED) is 0.607. The Labute approximate surface area is 102 Å². The van der Waals surface area contributed by atoms with Crippen molar-refractivity contribution in [3.8, 4) is 11.1 Å². The summed E-state index contributed by atoms with van der Waals surface area (Å²) in [6, 6.07) is 5.92. The van der Waals surface area contributed by atoms with Crippen molar-refractivity contribution in [1.82, 2.24) is 9.97 Å². The molecule has 0 radical (unpaired) electrons. The molecule has 2 N–H and O–H groups in total. The Kier molecular flexibility index (Phi) is 3.37. The number of aromatic nitrogens is 2. The van der Waals surface area contributed by atoms with Crippen molar-refractivity contribution in [2.45, 2.75) is 0 Å². The van der Waals surface area contributed by atoms with Crippen LogP contribution in [0.5, 0.6) is 0 Å². The van der Waals surface area contributed by atoms with Gasteiger partial charge in [-0.15, -0.1) is 0 Å². The van der Waals surface area contributed by atoms with Crippen LogP contribution in [-0.4, -0.2) is 27.1 Å². The van der Waals surface area contributed by atoms with E-state index in [1.165, 1.54) is 24.4 Å². The van der Waals surface area contributed by atoms with E-state index in [0.29, 0.717) is 0 Å². The molecule has 0 bridgehead atoms.